The first-order valence-electron chi connectivity index (χ1n) is 8.99. The van der Waals surface area contributed by atoms with Crippen molar-refractivity contribution >= 4 is 21.6 Å². The molecule has 0 atom stereocenters. The Hall–Kier alpha value is -1.40. The number of piperidine rings is 1. The number of nitrogens with zero attached hydrogens (tertiary/aromatic N) is 1. The smallest absolute Gasteiger partial charge is 0.215 e. The van der Waals surface area contributed by atoms with Crippen LogP contribution in [0.5, 0.6) is 0 Å². The number of nitrogens with one attached hydrogen (secondary N) is 1. The van der Waals surface area contributed by atoms with E-state index >= 15 is 0 Å². The SMILES string of the molecule is O=S(=O)(Cc1ccccc1Cl)NCC1CCN(Cc2ccccc2)CC1. The average Bonchev–Trinajstić information content (AvgIpc) is 2.64. The first-order valence-corrected chi connectivity index (χ1v) is 11.0. The van der Waals surface area contributed by atoms with Crippen LogP contribution in [0.3, 0.4) is 0 Å². The van der Waals surface area contributed by atoms with Gasteiger partial charge in [0.05, 0.1) is 5.75 Å². The van der Waals surface area contributed by atoms with Crippen molar-refractivity contribution in [3.63, 3.8) is 0 Å². The minimum atomic E-state index is -3.37. The van der Waals surface area contributed by atoms with E-state index < -0.39 is 10.0 Å². The fourth-order valence-corrected chi connectivity index (χ4v) is 4.84. The van der Waals surface area contributed by atoms with Crippen LogP contribution in [-0.2, 0) is 22.3 Å². The van der Waals surface area contributed by atoms with Crippen molar-refractivity contribution in [1.29, 1.82) is 0 Å². The van der Waals surface area contributed by atoms with Crippen LogP contribution in [0.1, 0.15) is 24.0 Å². The number of rotatable bonds is 7. The normalized spacial score (nSPS) is 16.7. The van der Waals surface area contributed by atoms with Crippen molar-refractivity contribution in [2.24, 2.45) is 5.92 Å². The fourth-order valence-electron chi connectivity index (χ4n) is 3.31. The molecule has 140 valence electrons. The Balaban J connectivity index is 1.44. The van der Waals surface area contributed by atoms with Gasteiger partial charge in [0.2, 0.25) is 10.0 Å². The van der Waals surface area contributed by atoms with E-state index in [2.05, 4.69) is 33.9 Å². The summed E-state index contributed by atoms with van der Waals surface area (Å²) in [5.41, 5.74) is 1.96. The number of benzene rings is 2. The molecule has 1 heterocycles. The summed E-state index contributed by atoms with van der Waals surface area (Å²) in [5.74, 6) is 0.322. The van der Waals surface area contributed by atoms with E-state index in [0.717, 1.165) is 32.5 Å². The Kier molecular flexibility index (Phi) is 6.70. The molecule has 26 heavy (non-hydrogen) atoms. The summed E-state index contributed by atoms with van der Waals surface area (Å²) < 4.78 is 27.4. The van der Waals surface area contributed by atoms with Crippen molar-refractivity contribution in [3.05, 3.63) is 70.7 Å². The number of hydrogen-bond acceptors (Lipinski definition) is 3. The Bertz CT molecular complexity index is 804. The van der Waals surface area contributed by atoms with Crippen molar-refractivity contribution in [3.8, 4) is 0 Å². The summed E-state index contributed by atoms with van der Waals surface area (Å²) in [6, 6.07) is 17.5. The minimum absolute atomic E-state index is 0.0699. The molecule has 4 nitrogen and oxygen atoms in total. The third-order valence-electron chi connectivity index (χ3n) is 4.85. The second-order valence-corrected chi connectivity index (χ2v) is 9.12. The summed E-state index contributed by atoms with van der Waals surface area (Å²) >= 11 is 6.06. The molecule has 0 amide bonds. The average molecular weight is 393 g/mol. The molecule has 1 aliphatic heterocycles. The Labute approximate surface area is 161 Å². The zero-order chi connectivity index (χ0) is 18.4. The monoisotopic (exact) mass is 392 g/mol. The summed E-state index contributed by atoms with van der Waals surface area (Å²) in [6.07, 6.45) is 2.03. The standard InChI is InChI=1S/C20H25ClN2O2S/c21-20-9-5-4-8-19(20)16-26(24,25)22-14-17-10-12-23(13-11-17)15-18-6-2-1-3-7-18/h1-9,17,22H,10-16H2. The van der Waals surface area contributed by atoms with Gasteiger partial charge in [-0.2, -0.15) is 0 Å². The molecule has 0 spiro atoms. The van der Waals surface area contributed by atoms with Gasteiger partial charge in [-0.15, -0.1) is 0 Å². The molecular formula is C20H25ClN2O2S. The van der Waals surface area contributed by atoms with E-state index in [9.17, 15) is 8.42 Å². The quantitative estimate of drug-likeness (QED) is 0.782. The predicted molar refractivity (Wildman–Crippen MR) is 107 cm³/mol. The summed E-state index contributed by atoms with van der Waals surface area (Å²) in [5, 5.41) is 0.493. The number of likely N-dealkylation sites (tertiary alicyclic amines) is 1. The van der Waals surface area contributed by atoms with Crippen LogP contribution >= 0.6 is 11.6 Å². The Morgan fingerprint density at radius 2 is 1.65 bits per heavy atom. The predicted octanol–water partition coefficient (Wildman–Crippen LogP) is 3.67. The molecule has 0 radical (unpaired) electrons. The van der Waals surface area contributed by atoms with Gasteiger partial charge in [0.1, 0.15) is 0 Å². The molecule has 2 aromatic carbocycles. The van der Waals surface area contributed by atoms with E-state index in [1.54, 1.807) is 24.3 Å². The highest BCUT2D eigenvalue weighted by Gasteiger charge is 2.21. The lowest BCUT2D eigenvalue weighted by Gasteiger charge is -2.32. The van der Waals surface area contributed by atoms with Crippen LogP contribution in [-0.4, -0.2) is 33.0 Å². The molecule has 0 saturated carbocycles. The van der Waals surface area contributed by atoms with E-state index in [-0.39, 0.29) is 5.75 Å². The van der Waals surface area contributed by atoms with Crippen LogP contribution < -0.4 is 4.72 Å². The van der Waals surface area contributed by atoms with E-state index in [1.165, 1.54) is 5.56 Å². The fraction of sp³-hybridized carbons (Fsp3) is 0.400. The van der Waals surface area contributed by atoms with Crippen LogP contribution in [0.15, 0.2) is 54.6 Å². The minimum Gasteiger partial charge on any atom is -0.299 e. The summed E-state index contributed by atoms with van der Waals surface area (Å²) in [6.45, 7) is 3.48. The highest BCUT2D eigenvalue weighted by Crippen LogP contribution is 2.20. The number of sulfonamides is 1. The zero-order valence-electron chi connectivity index (χ0n) is 14.8. The molecule has 2 aromatic rings. The van der Waals surface area contributed by atoms with Gasteiger partial charge in [-0.05, 0) is 49.0 Å². The lowest BCUT2D eigenvalue weighted by molar-refractivity contribution is 0.178. The van der Waals surface area contributed by atoms with E-state index in [0.29, 0.717) is 23.0 Å². The third kappa shape index (κ3) is 5.81. The lowest BCUT2D eigenvalue weighted by atomic mass is 9.97. The van der Waals surface area contributed by atoms with Gasteiger partial charge in [-0.1, -0.05) is 60.1 Å². The van der Waals surface area contributed by atoms with Gasteiger partial charge in [0.25, 0.3) is 0 Å². The van der Waals surface area contributed by atoms with E-state index in [1.807, 2.05) is 6.07 Å². The maximum atomic E-state index is 12.3. The van der Waals surface area contributed by atoms with Crippen LogP contribution in [0.4, 0.5) is 0 Å². The van der Waals surface area contributed by atoms with Gasteiger partial charge in [0, 0.05) is 18.1 Å². The van der Waals surface area contributed by atoms with Crippen LogP contribution in [0.2, 0.25) is 5.02 Å². The molecule has 0 unspecified atom stereocenters. The molecule has 0 aromatic heterocycles. The first kappa shape index (κ1) is 19.4. The molecule has 1 saturated heterocycles. The van der Waals surface area contributed by atoms with Crippen LogP contribution in [0.25, 0.3) is 0 Å². The maximum Gasteiger partial charge on any atom is 0.215 e. The highest BCUT2D eigenvalue weighted by atomic mass is 35.5. The lowest BCUT2D eigenvalue weighted by Crippen LogP contribution is -2.38. The van der Waals surface area contributed by atoms with Gasteiger partial charge >= 0.3 is 0 Å². The molecule has 6 heteroatoms. The molecule has 1 N–H and O–H groups in total. The zero-order valence-corrected chi connectivity index (χ0v) is 16.3. The second kappa shape index (κ2) is 9.00. The van der Waals surface area contributed by atoms with Gasteiger partial charge in [0.15, 0.2) is 0 Å². The molecule has 1 aliphatic rings. The van der Waals surface area contributed by atoms with Crippen molar-refractivity contribution in [1.82, 2.24) is 9.62 Å². The molecule has 0 bridgehead atoms. The maximum absolute atomic E-state index is 12.3. The number of hydrogen-bond donors (Lipinski definition) is 1. The summed E-state index contributed by atoms with van der Waals surface area (Å²) in [4.78, 5) is 2.43. The third-order valence-corrected chi connectivity index (χ3v) is 6.52. The highest BCUT2D eigenvalue weighted by molar-refractivity contribution is 7.88. The Morgan fingerprint density at radius 3 is 2.35 bits per heavy atom. The molecule has 1 fully saturated rings. The topological polar surface area (TPSA) is 49.4 Å². The van der Waals surface area contributed by atoms with Crippen molar-refractivity contribution in [2.75, 3.05) is 19.6 Å². The molecule has 0 aliphatic carbocycles. The Morgan fingerprint density at radius 1 is 1.00 bits per heavy atom. The summed E-state index contributed by atoms with van der Waals surface area (Å²) in [7, 11) is -3.37. The van der Waals surface area contributed by atoms with Gasteiger partial charge < -0.3 is 0 Å². The van der Waals surface area contributed by atoms with Gasteiger partial charge in [-0.3, -0.25) is 4.90 Å². The first-order chi connectivity index (χ1) is 12.5. The largest absolute Gasteiger partial charge is 0.299 e. The van der Waals surface area contributed by atoms with E-state index in [4.69, 9.17) is 11.6 Å². The van der Waals surface area contributed by atoms with Gasteiger partial charge in [-0.25, -0.2) is 13.1 Å². The van der Waals surface area contributed by atoms with Crippen LogP contribution in [0, 0.1) is 5.92 Å². The van der Waals surface area contributed by atoms with Crippen molar-refractivity contribution < 1.29 is 8.42 Å². The molecular weight excluding hydrogens is 368 g/mol. The van der Waals surface area contributed by atoms with Crippen molar-refractivity contribution in [2.45, 2.75) is 25.1 Å². The molecule has 3 rings (SSSR count). The second-order valence-electron chi connectivity index (χ2n) is 6.90. The number of halogens is 1.